The Hall–Kier alpha value is -3.77. The SMILES string of the molecule is CCOC(=O)c1ccc(N(CN(C)c2cccc(-n3[nH]nnc3=S)c2)C(O)C(=O)O)cc1. The van der Waals surface area contributed by atoms with E-state index in [1.165, 1.54) is 21.7 Å². The van der Waals surface area contributed by atoms with Gasteiger partial charge in [-0.15, -0.1) is 0 Å². The molecule has 0 fully saturated rings. The first-order chi connectivity index (χ1) is 15.3. The van der Waals surface area contributed by atoms with Gasteiger partial charge < -0.3 is 24.7 Å². The van der Waals surface area contributed by atoms with Crippen molar-refractivity contribution in [2.24, 2.45) is 0 Å². The van der Waals surface area contributed by atoms with Crippen molar-refractivity contribution < 1.29 is 24.5 Å². The second kappa shape index (κ2) is 10.0. The van der Waals surface area contributed by atoms with E-state index in [1.54, 1.807) is 37.1 Å². The summed E-state index contributed by atoms with van der Waals surface area (Å²) in [5.41, 5.74) is 2.15. The van der Waals surface area contributed by atoms with Crippen molar-refractivity contribution in [1.29, 1.82) is 0 Å². The standard InChI is InChI=1S/C20H22N6O5S/c1-3-31-19(30)13-7-9-14(10-8-13)25(17(27)18(28)29)12-24(2)15-5-4-6-16(11-15)26-20(32)21-22-23-26/h4-11,17,27H,3,12H2,1-2H3,(H,28,29)(H,21,23,32). The molecule has 168 valence electrons. The molecule has 12 heteroatoms. The van der Waals surface area contributed by atoms with Crippen LogP contribution in [0, 0.1) is 4.77 Å². The van der Waals surface area contributed by atoms with Gasteiger partial charge in [0.05, 0.1) is 24.5 Å². The van der Waals surface area contributed by atoms with E-state index < -0.39 is 18.2 Å². The maximum absolute atomic E-state index is 11.9. The predicted molar refractivity (Wildman–Crippen MR) is 118 cm³/mol. The van der Waals surface area contributed by atoms with E-state index in [2.05, 4.69) is 15.5 Å². The number of aliphatic hydroxyl groups is 1. The fourth-order valence-electron chi connectivity index (χ4n) is 2.98. The number of aliphatic carboxylic acids is 1. The van der Waals surface area contributed by atoms with Crippen molar-refractivity contribution in [3.8, 4) is 5.69 Å². The van der Waals surface area contributed by atoms with Crippen molar-refractivity contribution in [2.45, 2.75) is 13.2 Å². The van der Waals surface area contributed by atoms with Gasteiger partial charge in [0, 0.05) is 18.4 Å². The molecule has 1 aromatic heterocycles. The summed E-state index contributed by atoms with van der Waals surface area (Å²) in [7, 11) is 1.75. The van der Waals surface area contributed by atoms with Crippen LogP contribution < -0.4 is 9.80 Å². The third kappa shape index (κ3) is 5.10. The highest BCUT2D eigenvalue weighted by Crippen LogP contribution is 2.22. The molecule has 0 aliphatic carbocycles. The first kappa shape index (κ1) is 22.9. The third-order valence-corrected chi connectivity index (χ3v) is 4.86. The number of anilines is 2. The molecule has 0 radical (unpaired) electrons. The Bertz CT molecular complexity index is 1150. The summed E-state index contributed by atoms with van der Waals surface area (Å²) in [5, 5.41) is 29.8. The van der Waals surface area contributed by atoms with E-state index in [4.69, 9.17) is 17.0 Å². The van der Waals surface area contributed by atoms with Crippen LogP contribution >= 0.6 is 12.2 Å². The molecule has 2 aromatic carbocycles. The number of nitrogens with one attached hydrogen (secondary N) is 1. The normalized spacial score (nSPS) is 11.6. The van der Waals surface area contributed by atoms with Gasteiger partial charge in [-0.05, 0) is 61.6 Å². The van der Waals surface area contributed by atoms with Gasteiger partial charge in [0.1, 0.15) is 0 Å². The first-order valence-corrected chi connectivity index (χ1v) is 9.99. The van der Waals surface area contributed by atoms with Gasteiger partial charge in [0.15, 0.2) is 0 Å². The number of nitrogens with zero attached hydrogens (tertiary/aromatic N) is 5. The smallest absolute Gasteiger partial charge is 0.354 e. The highest BCUT2D eigenvalue weighted by Gasteiger charge is 2.25. The Balaban J connectivity index is 1.86. The third-order valence-electron chi connectivity index (χ3n) is 4.59. The van der Waals surface area contributed by atoms with Crippen molar-refractivity contribution in [3.63, 3.8) is 0 Å². The number of H-pyrrole nitrogens is 1. The molecule has 0 amide bonds. The zero-order valence-electron chi connectivity index (χ0n) is 17.4. The van der Waals surface area contributed by atoms with E-state index in [-0.39, 0.29) is 18.0 Å². The highest BCUT2D eigenvalue weighted by molar-refractivity contribution is 7.71. The van der Waals surface area contributed by atoms with Gasteiger partial charge in [-0.1, -0.05) is 16.4 Å². The number of aromatic nitrogens is 4. The molecule has 11 nitrogen and oxygen atoms in total. The molecule has 1 atom stereocenters. The number of carboxylic acid groups (broad SMARTS) is 1. The van der Waals surface area contributed by atoms with Gasteiger partial charge in [-0.3, -0.25) is 0 Å². The summed E-state index contributed by atoms with van der Waals surface area (Å²) < 4.78 is 6.74. The fraction of sp³-hybridized carbons (Fsp3) is 0.250. The summed E-state index contributed by atoms with van der Waals surface area (Å²) in [6, 6.07) is 13.4. The molecular formula is C20H22N6O5S. The number of aromatic amines is 1. The summed E-state index contributed by atoms with van der Waals surface area (Å²) in [4.78, 5) is 26.4. The molecule has 32 heavy (non-hydrogen) atoms. The van der Waals surface area contributed by atoms with Crippen LogP contribution in [0.3, 0.4) is 0 Å². The molecule has 3 N–H and O–H groups in total. The second-order valence-corrected chi connectivity index (χ2v) is 7.09. The highest BCUT2D eigenvalue weighted by atomic mass is 32.1. The van der Waals surface area contributed by atoms with E-state index >= 15 is 0 Å². The topological polar surface area (TPSA) is 137 Å². The van der Waals surface area contributed by atoms with Crippen molar-refractivity contribution in [1.82, 2.24) is 20.2 Å². The lowest BCUT2D eigenvalue weighted by Gasteiger charge is -2.33. The molecule has 3 rings (SSSR count). The summed E-state index contributed by atoms with van der Waals surface area (Å²) in [5.74, 6) is -1.89. The van der Waals surface area contributed by atoms with Crippen LogP contribution in [0.2, 0.25) is 0 Å². The monoisotopic (exact) mass is 458 g/mol. The number of hydrogen-bond donors (Lipinski definition) is 3. The average Bonchev–Trinajstić information content (AvgIpc) is 3.23. The minimum absolute atomic E-state index is 0.0301. The van der Waals surface area contributed by atoms with E-state index in [1.807, 2.05) is 18.2 Å². The number of carbonyl (C=O) groups is 2. The summed E-state index contributed by atoms with van der Waals surface area (Å²) >= 11 is 5.12. The van der Waals surface area contributed by atoms with Crippen LogP contribution in [-0.2, 0) is 9.53 Å². The lowest BCUT2D eigenvalue weighted by molar-refractivity contribution is -0.146. The van der Waals surface area contributed by atoms with E-state index in [0.29, 0.717) is 16.9 Å². The molecule has 0 bridgehead atoms. The van der Waals surface area contributed by atoms with Crippen LogP contribution in [0.15, 0.2) is 48.5 Å². The summed E-state index contributed by atoms with van der Waals surface area (Å²) in [6.45, 7) is 1.98. The Kier molecular flexibility index (Phi) is 7.18. The number of tetrazole rings is 1. The molecular weight excluding hydrogens is 436 g/mol. The minimum atomic E-state index is -1.81. The van der Waals surface area contributed by atoms with Crippen LogP contribution in [0.1, 0.15) is 17.3 Å². The maximum Gasteiger partial charge on any atom is 0.354 e. The molecule has 0 saturated heterocycles. The molecule has 1 heterocycles. The van der Waals surface area contributed by atoms with Gasteiger partial charge in [0.25, 0.3) is 0 Å². The largest absolute Gasteiger partial charge is 0.478 e. The zero-order chi connectivity index (χ0) is 23.3. The van der Waals surface area contributed by atoms with Crippen LogP contribution in [0.25, 0.3) is 5.69 Å². The number of ether oxygens (including phenoxy) is 1. The number of benzene rings is 2. The molecule has 1 unspecified atom stereocenters. The molecule has 0 spiro atoms. The number of carbonyl (C=O) groups excluding carboxylic acids is 1. The van der Waals surface area contributed by atoms with Gasteiger partial charge >= 0.3 is 11.9 Å². The number of rotatable bonds is 9. The molecule has 0 aliphatic rings. The van der Waals surface area contributed by atoms with Crippen LogP contribution in [-0.4, -0.2) is 68.9 Å². The van der Waals surface area contributed by atoms with Crippen molar-refractivity contribution >= 4 is 35.5 Å². The number of esters is 1. The van der Waals surface area contributed by atoms with Gasteiger partial charge in [-0.25, -0.2) is 14.3 Å². The number of aliphatic hydroxyl groups excluding tert-OH is 1. The van der Waals surface area contributed by atoms with Crippen molar-refractivity contribution in [3.05, 3.63) is 58.9 Å². The Morgan fingerprint density at radius 3 is 2.53 bits per heavy atom. The molecule has 0 aliphatic heterocycles. The lowest BCUT2D eigenvalue weighted by Crippen LogP contribution is -2.47. The number of hydrogen-bond acceptors (Lipinski definition) is 9. The number of carboxylic acids is 1. The Morgan fingerprint density at radius 2 is 1.94 bits per heavy atom. The second-order valence-electron chi connectivity index (χ2n) is 6.73. The van der Waals surface area contributed by atoms with Gasteiger partial charge in [-0.2, -0.15) is 5.21 Å². The van der Waals surface area contributed by atoms with Crippen molar-refractivity contribution in [2.75, 3.05) is 30.1 Å². The first-order valence-electron chi connectivity index (χ1n) is 9.58. The predicted octanol–water partition coefficient (Wildman–Crippen LogP) is 1.80. The quantitative estimate of drug-likeness (QED) is 0.247. The fourth-order valence-corrected chi connectivity index (χ4v) is 3.17. The minimum Gasteiger partial charge on any atom is -0.478 e. The molecule has 0 saturated carbocycles. The van der Waals surface area contributed by atoms with E-state index in [9.17, 15) is 19.8 Å². The average molecular weight is 459 g/mol. The van der Waals surface area contributed by atoms with Gasteiger partial charge in [0.2, 0.25) is 11.0 Å². The maximum atomic E-state index is 11.9. The van der Waals surface area contributed by atoms with E-state index in [0.717, 1.165) is 5.69 Å². The summed E-state index contributed by atoms with van der Waals surface area (Å²) in [6.07, 6.45) is -1.81. The zero-order valence-corrected chi connectivity index (χ0v) is 18.2. The van der Waals surface area contributed by atoms with Crippen LogP contribution in [0.4, 0.5) is 11.4 Å². The lowest BCUT2D eigenvalue weighted by atomic mass is 10.2. The Labute approximate surface area is 188 Å². The molecule has 3 aromatic rings. The Morgan fingerprint density at radius 1 is 1.22 bits per heavy atom. The van der Waals surface area contributed by atoms with Crippen LogP contribution in [0.5, 0.6) is 0 Å².